The minimum atomic E-state index is -0.0579. The van der Waals surface area contributed by atoms with Crippen LogP contribution < -0.4 is 5.32 Å². The van der Waals surface area contributed by atoms with Crippen LogP contribution in [-0.4, -0.2) is 43.8 Å². The molecular formula is C16H24N6O2. The van der Waals surface area contributed by atoms with E-state index in [1.165, 1.54) is 0 Å². The molecule has 0 spiro atoms. The second-order valence-corrected chi connectivity index (χ2v) is 6.62. The molecule has 8 heteroatoms. The Bertz CT molecular complexity index is 720. The molecule has 130 valence electrons. The smallest absolute Gasteiger partial charge is 0.239 e. The molecule has 3 heterocycles. The Labute approximate surface area is 141 Å². The molecule has 0 aromatic carbocycles. The summed E-state index contributed by atoms with van der Waals surface area (Å²) in [5.74, 6) is 2.18. The number of aromatic nitrogens is 4. The van der Waals surface area contributed by atoms with Crippen molar-refractivity contribution in [2.45, 2.75) is 45.6 Å². The highest BCUT2D eigenvalue weighted by Crippen LogP contribution is 2.30. The zero-order chi connectivity index (χ0) is 17.3. The van der Waals surface area contributed by atoms with Gasteiger partial charge in [0.1, 0.15) is 5.82 Å². The number of nitrogens with zero attached hydrogens (tertiary/aromatic N) is 5. The Morgan fingerprint density at radius 1 is 1.50 bits per heavy atom. The molecule has 8 nitrogen and oxygen atoms in total. The molecule has 1 N–H and O–H groups in total. The molecule has 2 aromatic heterocycles. The summed E-state index contributed by atoms with van der Waals surface area (Å²) in [6.45, 7) is 7.10. The van der Waals surface area contributed by atoms with Crippen molar-refractivity contribution in [1.82, 2.24) is 24.8 Å². The molecule has 24 heavy (non-hydrogen) atoms. The first-order valence-corrected chi connectivity index (χ1v) is 8.32. The number of rotatable bonds is 5. The van der Waals surface area contributed by atoms with Crippen LogP contribution in [0.25, 0.3) is 0 Å². The molecule has 0 saturated carbocycles. The second kappa shape index (κ2) is 6.72. The molecular weight excluding hydrogens is 308 g/mol. The van der Waals surface area contributed by atoms with Gasteiger partial charge in [-0.05, 0) is 26.3 Å². The third kappa shape index (κ3) is 3.48. The van der Waals surface area contributed by atoms with E-state index < -0.39 is 0 Å². The quantitative estimate of drug-likeness (QED) is 0.901. The molecule has 0 aliphatic carbocycles. The summed E-state index contributed by atoms with van der Waals surface area (Å²) in [5.41, 5.74) is 0.875. The molecule has 1 amide bonds. The van der Waals surface area contributed by atoms with E-state index in [0.717, 1.165) is 25.1 Å². The largest absolute Gasteiger partial charge is 0.339 e. The van der Waals surface area contributed by atoms with Crippen LogP contribution in [0.2, 0.25) is 0 Å². The summed E-state index contributed by atoms with van der Waals surface area (Å²) >= 11 is 0. The van der Waals surface area contributed by atoms with Gasteiger partial charge in [-0.1, -0.05) is 19.0 Å². The van der Waals surface area contributed by atoms with E-state index in [0.29, 0.717) is 24.1 Å². The van der Waals surface area contributed by atoms with E-state index in [9.17, 15) is 4.79 Å². The molecule has 0 unspecified atom stereocenters. The van der Waals surface area contributed by atoms with Gasteiger partial charge in [0.2, 0.25) is 11.8 Å². The van der Waals surface area contributed by atoms with Crippen LogP contribution in [0.4, 0.5) is 5.82 Å². The molecule has 0 radical (unpaired) electrons. The van der Waals surface area contributed by atoms with Gasteiger partial charge in [0, 0.05) is 19.0 Å². The molecule has 1 aliphatic heterocycles. The SMILES string of the molecule is Cc1cc(NC(=O)CN2CCC[C@@H]2c2noc(C(C)C)n2)n(C)n1. The van der Waals surface area contributed by atoms with Crippen LogP contribution in [0.5, 0.6) is 0 Å². The van der Waals surface area contributed by atoms with Crippen molar-refractivity contribution in [3.63, 3.8) is 0 Å². The predicted octanol–water partition coefficient (Wildman–Crippen LogP) is 2.01. The van der Waals surface area contributed by atoms with Gasteiger partial charge in [-0.15, -0.1) is 0 Å². The molecule has 2 aromatic rings. The number of nitrogens with one attached hydrogen (secondary N) is 1. The number of carbonyl (C=O) groups is 1. The van der Waals surface area contributed by atoms with Crippen molar-refractivity contribution in [2.75, 3.05) is 18.4 Å². The van der Waals surface area contributed by atoms with Crippen molar-refractivity contribution in [3.8, 4) is 0 Å². The number of anilines is 1. The van der Waals surface area contributed by atoms with Gasteiger partial charge in [0.15, 0.2) is 5.82 Å². The third-order valence-electron chi connectivity index (χ3n) is 4.23. The van der Waals surface area contributed by atoms with Gasteiger partial charge in [0.05, 0.1) is 18.3 Å². The van der Waals surface area contributed by atoms with Crippen molar-refractivity contribution < 1.29 is 9.32 Å². The number of likely N-dealkylation sites (tertiary alicyclic amines) is 1. The van der Waals surface area contributed by atoms with Gasteiger partial charge >= 0.3 is 0 Å². The van der Waals surface area contributed by atoms with Crippen molar-refractivity contribution in [1.29, 1.82) is 0 Å². The highest BCUT2D eigenvalue weighted by Gasteiger charge is 2.31. The van der Waals surface area contributed by atoms with Crippen LogP contribution in [0.3, 0.4) is 0 Å². The van der Waals surface area contributed by atoms with Crippen molar-refractivity contribution in [3.05, 3.63) is 23.5 Å². The molecule has 1 atom stereocenters. The van der Waals surface area contributed by atoms with Gasteiger partial charge in [-0.2, -0.15) is 10.1 Å². The molecule has 1 aliphatic rings. The van der Waals surface area contributed by atoms with E-state index >= 15 is 0 Å². The average Bonchev–Trinajstić information content (AvgIpc) is 3.19. The normalized spacial score (nSPS) is 18.5. The molecule has 3 rings (SSSR count). The Balaban J connectivity index is 1.64. The topological polar surface area (TPSA) is 89.1 Å². The van der Waals surface area contributed by atoms with Crippen LogP contribution in [0.1, 0.15) is 56.1 Å². The van der Waals surface area contributed by atoms with Crippen molar-refractivity contribution in [2.24, 2.45) is 7.05 Å². The monoisotopic (exact) mass is 332 g/mol. The van der Waals surface area contributed by atoms with Crippen LogP contribution in [0, 0.1) is 6.92 Å². The zero-order valence-electron chi connectivity index (χ0n) is 14.6. The predicted molar refractivity (Wildman–Crippen MR) is 88.5 cm³/mol. The lowest BCUT2D eigenvalue weighted by molar-refractivity contribution is -0.117. The van der Waals surface area contributed by atoms with Crippen LogP contribution in [0.15, 0.2) is 10.6 Å². The lowest BCUT2D eigenvalue weighted by atomic mass is 10.2. The Morgan fingerprint density at radius 3 is 2.92 bits per heavy atom. The first-order valence-electron chi connectivity index (χ1n) is 8.32. The van der Waals surface area contributed by atoms with Crippen molar-refractivity contribution >= 4 is 11.7 Å². The molecule has 1 saturated heterocycles. The average molecular weight is 332 g/mol. The van der Waals surface area contributed by atoms with Gasteiger partial charge < -0.3 is 9.84 Å². The standard InChI is InChI=1S/C16H24N6O2/c1-10(2)16-18-15(20-24-16)12-6-5-7-22(12)9-14(23)17-13-8-11(3)19-21(13)4/h8,10,12H,5-7,9H2,1-4H3,(H,17,23)/t12-/m1/s1. The zero-order valence-corrected chi connectivity index (χ0v) is 14.6. The maximum atomic E-state index is 12.4. The lowest BCUT2D eigenvalue weighted by Gasteiger charge is -2.21. The number of aryl methyl sites for hydroxylation is 2. The van der Waals surface area contributed by atoms with E-state index in [1.807, 2.05) is 33.9 Å². The highest BCUT2D eigenvalue weighted by molar-refractivity contribution is 5.91. The minimum Gasteiger partial charge on any atom is -0.339 e. The summed E-state index contributed by atoms with van der Waals surface area (Å²) in [7, 11) is 1.81. The first kappa shape index (κ1) is 16.6. The van der Waals surface area contributed by atoms with E-state index in [4.69, 9.17) is 4.52 Å². The highest BCUT2D eigenvalue weighted by atomic mass is 16.5. The summed E-state index contributed by atoms with van der Waals surface area (Å²) in [6.07, 6.45) is 1.96. The number of amides is 1. The maximum absolute atomic E-state index is 12.4. The fourth-order valence-corrected chi connectivity index (χ4v) is 3.02. The maximum Gasteiger partial charge on any atom is 0.239 e. The van der Waals surface area contributed by atoms with E-state index in [1.54, 1.807) is 4.68 Å². The first-order chi connectivity index (χ1) is 11.4. The lowest BCUT2D eigenvalue weighted by Crippen LogP contribution is -2.33. The van der Waals surface area contributed by atoms with Gasteiger partial charge in [-0.3, -0.25) is 14.4 Å². The fourth-order valence-electron chi connectivity index (χ4n) is 3.02. The summed E-state index contributed by atoms with van der Waals surface area (Å²) in [5, 5.41) is 11.2. The number of hydrogen-bond acceptors (Lipinski definition) is 6. The van der Waals surface area contributed by atoms with Gasteiger partial charge in [-0.25, -0.2) is 0 Å². The van der Waals surface area contributed by atoms with E-state index in [2.05, 4.69) is 25.5 Å². The minimum absolute atomic E-state index is 0.0419. The summed E-state index contributed by atoms with van der Waals surface area (Å²) < 4.78 is 6.98. The summed E-state index contributed by atoms with van der Waals surface area (Å²) in [6, 6.07) is 1.90. The number of hydrogen-bond donors (Lipinski definition) is 1. The number of carbonyl (C=O) groups excluding carboxylic acids is 1. The third-order valence-corrected chi connectivity index (χ3v) is 4.23. The van der Waals surface area contributed by atoms with E-state index in [-0.39, 0.29) is 17.9 Å². The van der Waals surface area contributed by atoms with Crippen LogP contribution in [-0.2, 0) is 11.8 Å². The molecule has 1 fully saturated rings. The molecule has 0 bridgehead atoms. The fraction of sp³-hybridized carbons (Fsp3) is 0.625. The second-order valence-electron chi connectivity index (χ2n) is 6.62. The van der Waals surface area contributed by atoms with Crippen LogP contribution >= 0.6 is 0 Å². The van der Waals surface area contributed by atoms with Gasteiger partial charge in [0.25, 0.3) is 0 Å². The Hall–Kier alpha value is -2.22. The Kier molecular flexibility index (Phi) is 4.66. The Morgan fingerprint density at radius 2 is 2.29 bits per heavy atom. The summed E-state index contributed by atoms with van der Waals surface area (Å²) in [4.78, 5) is 19.0.